The lowest BCUT2D eigenvalue weighted by Gasteiger charge is -2.28. The van der Waals surface area contributed by atoms with Gasteiger partial charge in [0.2, 0.25) is 0 Å². The molecule has 0 aliphatic rings. The first-order valence-corrected chi connectivity index (χ1v) is 6.72. The van der Waals surface area contributed by atoms with Crippen LogP contribution < -0.4 is 0 Å². The third kappa shape index (κ3) is 3.12. The molecule has 0 fully saturated rings. The highest BCUT2D eigenvalue weighted by Crippen LogP contribution is 2.33. The van der Waals surface area contributed by atoms with Crippen LogP contribution in [0.4, 0.5) is 0 Å². The van der Waals surface area contributed by atoms with E-state index in [2.05, 4.69) is 67.5 Å². The Morgan fingerprint density at radius 2 is 1.41 bits per heavy atom. The van der Waals surface area contributed by atoms with E-state index in [4.69, 9.17) is 0 Å². The third-order valence-corrected chi connectivity index (χ3v) is 3.57. The van der Waals surface area contributed by atoms with Crippen molar-refractivity contribution in [1.29, 1.82) is 0 Å². The molecule has 0 atom stereocenters. The largest absolute Gasteiger partial charge is 0.0613 e. The Balaban J connectivity index is 3.50. The molecular formula is C17H28. The summed E-state index contributed by atoms with van der Waals surface area (Å²) in [5.74, 6) is 0. The minimum Gasteiger partial charge on any atom is -0.0613 e. The van der Waals surface area contributed by atoms with Crippen LogP contribution in [0.1, 0.15) is 70.7 Å². The zero-order chi connectivity index (χ0) is 13.4. The average molecular weight is 232 g/mol. The van der Waals surface area contributed by atoms with E-state index in [1.807, 2.05) is 0 Å². The molecule has 0 saturated carbocycles. The van der Waals surface area contributed by atoms with Gasteiger partial charge in [0.1, 0.15) is 0 Å². The predicted molar refractivity (Wildman–Crippen MR) is 78.0 cm³/mol. The van der Waals surface area contributed by atoms with Gasteiger partial charge < -0.3 is 0 Å². The van der Waals surface area contributed by atoms with Gasteiger partial charge in [0.25, 0.3) is 0 Å². The summed E-state index contributed by atoms with van der Waals surface area (Å²) in [5.41, 5.74) is 6.41. The molecule has 0 aliphatic heterocycles. The van der Waals surface area contributed by atoms with Crippen LogP contribution in [-0.2, 0) is 17.3 Å². The molecule has 0 N–H and O–H groups in total. The van der Waals surface area contributed by atoms with Crippen molar-refractivity contribution in [3.05, 3.63) is 34.4 Å². The number of hydrogen-bond acceptors (Lipinski definition) is 0. The van der Waals surface area contributed by atoms with E-state index in [-0.39, 0.29) is 10.8 Å². The highest BCUT2D eigenvalue weighted by atomic mass is 14.3. The maximum absolute atomic E-state index is 2.41. The molecule has 1 aromatic rings. The molecule has 0 heteroatoms. The molecule has 96 valence electrons. The summed E-state index contributed by atoms with van der Waals surface area (Å²) in [6.45, 7) is 18.3. The van der Waals surface area contributed by atoms with Gasteiger partial charge in [0.15, 0.2) is 0 Å². The van der Waals surface area contributed by atoms with Crippen LogP contribution in [0.15, 0.2) is 12.1 Å². The first kappa shape index (κ1) is 14.3. The van der Waals surface area contributed by atoms with Crippen LogP contribution in [0.2, 0.25) is 0 Å². The van der Waals surface area contributed by atoms with Crippen molar-refractivity contribution in [1.82, 2.24) is 0 Å². The zero-order valence-electron chi connectivity index (χ0n) is 12.9. The molecular weight excluding hydrogens is 204 g/mol. The van der Waals surface area contributed by atoms with E-state index in [1.54, 1.807) is 0 Å². The van der Waals surface area contributed by atoms with Crippen LogP contribution in [0.25, 0.3) is 0 Å². The van der Waals surface area contributed by atoms with Gasteiger partial charge >= 0.3 is 0 Å². The Labute approximate surface area is 107 Å². The number of benzene rings is 1. The Kier molecular flexibility index (Phi) is 3.76. The van der Waals surface area contributed by atoms with Gasteiger partial charge in [-0.15, -0.1) is 0 Å². The van der Waals surface area contributed by atoms with Crippen molar-refractivity contribution >= 4 is 0 Å². The lowest BCUT2D eigenvalue weighted by Crippen LogP contribution is -2.19. The SMILES string of the molecule is CCc1cc(C(C)(C)C)cc(C(C)(C)C)c1C. The fourth-order valence-corrected chi connectivity index (χ4v) is 2.35. The summed E-state index contributed by atoms with van der Waals surface area (Å²) in [5, 5.41) is 0. The normalized spacial score (nSPS) is 12.9. The topological polar surface area (TPSA) is 0 Å². The summed E-state index contributed by atoms with van der Waals surface area (Å²) in [6.07, 6.45) is 1.12. The molecule has 0 aromatic heterocycles. The molecule has 0 heterocycles. The van der Waals surface area contributed by atoms with Gasteiger partial charge in [-0.2, -0.15) is 0 Å². The first-order chi connectivity index (χ1) is 7.57. The van der Waals surface area contributed by atoms with Crippen molar-refractivity contribution in [2.75, 3.05) is 0 Å². The Morgan fingerprint density at radius 1 is 0.882 bits per heavy atom. The molecule has 0 aliphatic carbocycles. The quantitative estimate of drug-likeness (QED) is 0.628. The molecule has 17 heavy (non-hydrogen) atoms. The lowest BCUT2D eigenvalue weighted by molar-refractivity contribution is 0.564. The van der Waals surface area contributed by atoms with Gasteiger partial charge in [-0.3, -0.25) is 0 Å². The summed E-state index contributed by atoms with van der Waals surface area (Å²) >= 11 is 0. The van der Waals surface area contributed by atoms with Gasteiger partial charge in [-0.1, -0.05) is 60.6 Å². The monoisotopic (exact) mass is 232 g/mol. The summed E-state index contributed by atoms with van der Waals surface area (Å²) in [4.78, 5) is 0. The molecule has 0 bridgehead atoms. The highest BCUT2D eigenvalue weighted by molar-refractivity contribution is 5.44. The van der Waals surface area contributed by atoms with E-state index < -0.39 is 0 Å². The molecule has 0 spiro atoms. The molecule has 1 rings (SSSR count). The predicted octanol–water partition coefficient (Wildman–Crippen LogP) is 5.15. The van der Waals surface area contributed by atoms with Crippen molar-refractivity contribution in [3.8, 4) is 0 Å². The van der Waals surface area contributed by atoms with Crippen LogP contribution in [0, 0.1) is 6.92 Å². The van der Waals surface area contributed by atoms with Crippen LogP contribution in [0.5, 0.6) is 0 Å². The van der Waals surface area contributed by atoms with Gasteiger partial charge in [0, 0.05) is 0 Å². The molecule has 0 saturated heterocycles. The van der Waals surface area contributed by atoms with E-state index in [1.165, 1.54) is 22.3 Å². The van der Waals surface area contributed by atoms with Crippen molar-refractivity contribution in [2.45, 2.75) is 72.6 Å². The highest BCUT2D eigenvalue weighted by Gasteiger charge is 2.22. The lowest BCUT2D eigenvalue weighted by atomic mass is 9.77. The van der Waals surface area contributed by atoms with Crippen LogP contribution in [0.3, 0.4) is 0 Å². The minimum absolute atomic E-state index is 0.231. The molecule has 0 amide bonds. The smallest absolute Gasteiger partial charge is 0.0129 e. The maximum Gasteiger partial charge on any atom is -0.0129 e. The van der Waals surface area contributed by atoms with E-state index in [0.717, 1.165) is 6.42 Å². The van der Waals surface area contributed by atoms with E-state index in [9.17, 15) is 0 Å². The molecule has 0 radical (unpaired) electrons. The summed E-state index contributed by atoms with van der Waals surface area (Å²) in [6, 6.07) is 4.80. The molecule has 0 unspecified atom stereocenters. The molecule has 1 aromatic carbocycles. The number of rotatable bonds is 1. The fourth-order valence-electron chi connectivity index (χ4n) is 2.35. The summed E-state index contributed by atoms with van der Waals surface area (Å²) < 4.78 is 0. The van der Waals surface area contributed by atoms with Crippen molar-refractivity contribution in [2.24, 2.45) is 0 Å². The fraction of sp³-hybridized carbons (Fsp3) is 0.647. The van der Waals surface area contributed by atoms with Gasteiger partial charge in [-0.05, 0) is 46.4 Å². The second kappa shape index (κ2) is 4.48. The van der Waals surface area contributed by atoms with E-state index >= 15 is 0 Å². The van der Waals surface area contributed by atoms with Crippen molar-refractivity contribution < 1.29 is 0 Å². The molecule has 0 nitrogen and oxygen atoms in total. The Bertz CT molecular complexity index is 397. The van der Waals surface area contributed by atoms with Crippen molar-refractivity contribution in [3.63, 3.8) is 0 Å². The second-order valence-corrected chi connectivity index (χ2v) is 7.16. The first-order valence-electron chi connectivity index (χ1n) is 6.72. The van der Waals surface area contributed by atoms with Gasteiger partial charge in [-0.25, -0.2) is 0 Å². The van der Waals surface area contributed by atoms with E-state index in [0.29, 0.717) is 0 Å². The maximum atomic E-state index is 2.41. The number of aryl methyl sites for hydroxylation is 1. The second-order valence-electron chi connectivity index (χ2n) is 7.16. The van der Waals surface area contributed by atoms with Crippen LogP contribution in [-0.4, -0.2) is 0 Å². The number of hydrogen-bond donors (Lipinski definition) is 0. The Morgan fingerprint density at radius 3 is 1.76 bits per heavy atom. The van der Waals surface area contributed by atoms with Gasteiger partial charge in [0.05, 0.1) is 0 Å². The Hall–Kier alpha value is -0.780. The average Bonchev–Trinajstić information content (AvgIpc) is 2.14. The minimum atomic E-state index is 0.231. The zero-order valence-corrected chi connectivity index (χ0v) is 12.9. The summed E-state index contributed by atoms with van der Waals surface area (Å²) in [7, 11) is 0. The van der Waals surface area contributed by atoms with Crippen LogP contribution >= 0.6 is 0 Å². The third-order valence-electron chi connectivity index (χ3n) is 3.57. The standard InChI is InChI=1S/C17H28/c1-9-13-10-14(16(3,4)5)11-15(12(13)2)17(6,7)8/h10-11H,9H2,1-8H3.